The minimum absolute atomic E-state index is 0.209. The Morgan fingerprint density at radius 2 is 2.10 bits per heavy atom. The standard InChI is InChI=1S/C11H16N2O6S/c1-19-7-3-2-6-12-20(17,18)9-4-5-11(14)10(8-9)13(15)16/h4-5,8,12,14H,2-3,6-7H2,1H3. The highest BCUT2D eigenvalue weighted by molar-refractivity contribution is 7.89. The number of phenolic OH excluding ortho intramolecular Hbond substituents is 1. The second kappa shape index (κ2) is 7.17. The normalized spacial score (nSPS) is 11.4. The molecule has 0 aromatic heterocycles. The van der Waals surface area contributed by atoms with Crippen LogP contribution in [0.1, 0.15) is 12.8 Å². The van der Waals surface area contributed by atoms with Gasteiger partial charge in [0.05, 0.1) is 9.82 Å². The highest BCUT2D eigenvalue weighted by atomic mass is 32.2. The number of benzene rings is 1. The van der Waals surface area contributed by atoms with Crippen LogP contribution in [-0.2, 0) is 14.8 Å². The zero-order chi connectivity index (χ0) is 15.2. The monoisotopic (exact) mass is 304 g/mol. The summed E-state index contributed by atoms with van der Waals surface area (Å²) in [6.07, 6.45) is 1.29. The summed E-state index contributed by atoms with van der Waals surface area (Å²) in [5.41, 5.74) is -0.646. The van der Waals surface area contributed by atoms with Crippen molar-refractivity contribution in [3.63, 3.8) is 0 Å². The topological polar surface area (TPSA) is 119 Å². The SMILES string of the molecule is COCCCCNS(=O)(=O)c1ccc(O)c([N+](=O)[O-])c1. The zero-order valence-electron chi connectivity index (χ0n) is 10.9. The highest BCUT2D eigenvalue weighted by Gasteiger charge is 2.20. The molecule has 8 nitrogen and oxygen atoms in total. The number of hydrogen-bond donors (Lipinski definition) is 2. The molecule has 0 radical (unpaired) electrons. The van der Waals surface area contributed by atoms with Crippen LogP contribution in [0, 0.1) is 10.1 Å². The largest absolute Gasteiger partial charge is 0.502 e. The number of nitro groups is 1. The minimum atomic E-state index is -3.83. The third-order valence-corrected chi connectivity index (χ3v) is 3.98. The van der Waals surface area contributed by atoms with E-state index in [0.717, 1.165) is 18.2 Å². The lowest BCUT2D eigenvalue weighted by Crippen LogP contribution is -2.25. The van der Waals surface area contributed by atoms with Crippen LogP contribution >= 0.6 is 0 Å². The number of hydrogen-bond acceptors (Lipinski definition) is 6. The Morgan fingerprint density at radius 3 is 2.70 bits per heavy atom. The molecular weight excluding hydrogens is 288 g/mol. The van der Waals surface area contributed by atoms with E-state index in [0.29, 0.717) is 19.4 Å². The fourth-order valence-electron chi connectivity index (χ4n) is 1.48. The second-order valence-corrected chi connectivity index (χ2v) is 5.77. The fraction of sp³-hybridized carbons (Fsp3) is 0.455. The van der Waals surface area contributed by atoms with Crippen molar-refractivity contribution in [2.45, 2.75) is 17.7 Å². The summed E-state index contributed by atoms with van der Waals surface area (Å²) >= 11 is 0. The van der Waals surface area contributed by atoms with Gasteiger partial charge in [0.25, 0.3) is 0 Å². The molecule has 112 valence electrons. The first kappa shape index (κ1) is 16.3. The molecule has 2 N–H and O–H groups in total. The van der Waals surface area contributed by atoms with E-state index < -0.39 is 26.4 Å². The third kappa shape index (κ3) is 4.44. The number of nitro benzene ring substituents is 1. The molecule has 0 amide bonds. The van der Waals surface area contributed by atoms with Crippen molar-refractivity contribution in [3.8, 4) is 5.75 Å². The molecule has 20 heavy (non-hydrogen) atoms. The van der Waals surface area contributed by atoms with Crippen molar-refractivity contribution < 1.29 is 23.2 Å². The second-order valence-electron chi connectivity index (χ2n) is 4.01. The van der Waals surface area contributed by atoms with Gasteiger partial charge >= 0.3 is 5.69 Å². The molecule has 0 aliphatic rings. The predicted molar refractivity (Wildman–Crippen MR) is 71.1 cm³/mol. The summed E-state index contributed by atoms with van der Waals surface area (Å²) in [5.74, 6) is -0.575. The number of unbranched alkanes of at least 4 members (excludes halogenated alkanes) is 1. The van der Waals surface area contributed by atoms with E-state index >= 15 is 0 Å². The van der Waals surface area contributed by atoms with Crippen molar-refractivity contribution in [1.29, 1.82) is 0 Å². The molecule has 0 unspecified atom stereocenters. The molecule has 0 aliphatic heterocycles. The maximum atomic E-state index is 11.9. The lowest BCUT2D eigenvalue weighted by atomic mass is 10.3. The number of sulfonamides is 1. The van der Waals surface area contributed by atoms with Crippen molar-refractivity contribution in [2.24, 2.45) is 0 Å². The van der Waals surface area contributed by atoms with Crippen LogP contribution < -0.4 is 4.72 Å². The molecule has 0 saturated heterocycles. The Balaban J connectivity index is 2.77. The van der Waals surface area contributed by atoms with Crippen molar-refractivity contribution in [1.82, 2.24) is 4.72 Å². The quantitative estimate of drug-likeness (QED) is 0.420. The van der Waals surface area contributed by atoms with Crippen LogP contribution in [0.15, 0.2) is 23.1 Å². The third-order valence-electron chi connectivity index (χ3n) is 2.52. The van der Waals surface area contributed by atoms with Gasteiger partial charge in [-0.1, -0.05) is 0 Å². The average Bonchev–Trinajstić information content (AvgIpc) is 2.38. The molecule has 0 fully saturated rings. The summed E-state index contributed by atoms with van der Waals surface area (Å²) in [5, 5.41) is 19.9. The van der Waals surface area contributed by atoms with E-state index in [9.17, 15) is 23.6 Å². The molecule has 9 heteroatoms. The number of rotatable bonds is 8. The summed E-state index contributed by atoms with van der Waals surface area (Å²) in [4.78, 5) is 9.55. The maximum Gasteiger partial charge on any atom is 0.312 e. The van der Waals surface area contributed by atoms with Gasteiger partial charge in [-0.25, -0.2) is 13.1 Å². The molecule has 0 heterocycles. The summed E-state index contributed by atoms with van der Waals surface area (Å²) in [7, 11) is -2.27. The Kier molecular flexibility index (Phi) is 5.86. The number of ether oxygens (including phenoxy) is 1. The van der Waals surface area contributed by atoms with E-state index in [4.69, 9.17) is 4.74 Å². The molecule has 0 saturated carbocycles. The van der Waals surface area contributed by atoms with Crippen LogP contribution in [0.5, 0.6) is 5.75 Å². The summed E-state index contributed by atoms with van der Waals surface area (Å²) in [6, 6.07) is 2.92. The van der Waals surface area contributed by atoms with Crippen LogP contribution in [-0.4, -0.2) is 38.7 Å². The predicted octanol–water partition coefficient (Wildman–Crippen LogP) is 1.01. The molecular formula is C11H16N2O6S. The minimum Gasteiger partial charge on any atom is -0.502 e. The number of nitrogens with zero attached hydrogens (tertiary/aromatic N) is 1. The van der Waals surface area contributed by atoms with Crippen LogP contribution in [0.2, 0.25) is 0 Å². The van der Waals surface area contributed by atoms with Crippen LogP contribution in [0.25, 0.3) is 0 Å². The van der Waals surface area contributed by atoms with Gasteiger partial charge in [-0.15, -0.1) is 0 Å². The van der Waals surface area contributed by atoms with E-state index in [1.165, 1.54) is 0 Å². The maximum absolute atomic E-state index is 11.9. The summed E-state index contributed by atoms with van der Waals surface area (Å²) < 4.78 is 31.0. The van der Waals surface area contributed by atoms with Gasteiger partial charge in [0, 0.05) is 26.3 Å². The van der Waals surface area contributed by atoms with Crippen molar-refractivity contribution in [3.05, 3.63) is 28.3 Å². The van der Waals surface area contributed by atoms with Crippen LogP contribution in [0.3, 0.4) is 0 Å². The van der Waals surface area contributed by atoms with Gasteiger partial charge in [-0.3, -0.25) is 10.1 Å². The van der Waals surface area contributed by atoms with Gasteiger partial charge in [-0.2, -0.15) is 0 Å². The van der Waals surface area contributed by atoms with E-state index in [2.05, 4.69) is 4.72 Å². The Hall–Kier alpha value is -1.71. The summed E-state index contributed by atoms with van der Waals surface area (Å²) in [6.45, 7) is 0.743. The van der Waals surface area contributed by atoms with Gasteiger partial charge in [0.1, 0.15) is 0 Å². The molecule has 0 aliphatic carbocycles. The first-order valence-corrected chi connectivity index (χ1v) is 7.33. The average molecular weight is 304 g/mol. The molecule has 0 atom stereocenters. The molecule has 0 spiro atoms. The number of aromatic hydroxyl groups is 1. The molecule has 1 rings (SSSR count). The van der Waals surface area contributed by atoms with Crippen molar-refractivity contribution in [2.75, 3.05) is 20.3 Å². The lowest BCUT2D eigenvalue weighted by molar-refractivity contribution is -0.386. The first-order valence-electron chi connectivity index (χ1n) is 5.84. The Morgan fingerprint density at radius 1 is 1.40 bits per heavy atom. The van der Waals surface area contributed by atoms with E-state index in [-0.39, 0.29) is 11.4 Å². The van der Waals surface area contributed by atoms with Crippen molar-refractivity contribution >= 4 is 15.7 Å². The Labute approximate surface area is 116 Å². The zero-order valence-corrected chi connectivity index (χ0v) is 11.7. The lowest BCUT2D eigenvalue weighted by Gasteiger charge is -2.07. The number of methoxy groups -OCH3 is 1. The Bertz CT molecular complexity index is 572. The van der Waals surface area contributed by atoms with E-state index in [1.54, 1.807) is 7.11 Å². The van der Waals surface area contributed by atoms with Gasteiger partial charge in [-0.05, 0) is 25.0 Å². The van der Waals surface area contributed by atoms with E-state index in [1.807, 2.05) is 0 Å². The number of nitrogens with one attached hydrogen (secondary N) is 1. The fourth-order valence-corrected chi connectivity index (χ4v) is 2.57. The smallest absolute Gasteiger partial charge is 0.312 e. The first-order chi connectivity index (χ1) is 9.38. The highest BCUT2D eigenvalue weighted by Crippen LogP contribution is 2.28. The molecule has 0 bridgehead atoms. The molecule has 1 aromatic rings. The molecule has 1 aromatic carbocycles. The van der Waals surface area contributed by atoms with Gasteiger partial charge < -0.3 is 9.84 Å². The number of phenols is 1. The van der Waals surface area contributed by atoms with Crippen LogP contribution in [0.4, 0.5) is 5.69 Å². The van der Waals surface area contributed by atoms with Gasteiger partial charge in [0.2, 0.25) is 10.0 Å². The van der Waals surface area contributed by atoms with Gasteiger partial charge in [0.15, 0.2) is 5.75 Å².